The third-order valence-corrected chi connectivity index (χ3v) is 3.54. The van der Waals surface area contributed by atoms with Crippen LogP contribution in [0.15, 0.2) is 48.5 Å². The fourth-order valence-electron chi connectivity index (χ4n) is 2.42. The Hall–Kier alpha value is -2.24. The summed E-state index contributed by atoms with van der Waals surface area (Å²) in [6, 6.07) is 13.9. The molecule has 5 heteroatoms. The summed E-state index contributed by atoms with van der Waals surface area (Å²) in [7, 11) is 1.27. The zero-order chi connectivity index (χ0) is 16.7. The lowest BCUT2D eigenvalue weighted by molar-refractivity contribution is 0.0597. The van der Waals surface area contributed by atoms with E-state index < -0.39 is 11.8 Å². The number of ether oxygens (including phenoxy) is 1. The van der Waals surface area contributed by atoms with Crippen molar-refractivity contribution in [1.29, 1.82) is 0 Å². The van der Waals surface area contributed by atoms with E-state index in [1.54, 1.807) is 6.07 Å². The van der Waals surface area contributed by atoms with Gasteiger partial charge in [0, 0.05) is 19.6 Å². The van der Waals surface area contributed by atoms with Crippen LogP contribution in [0.25, 0.3) is 0 Å². The summed E-state index contributed by atoms with van der Waals surface area (Å²) in [5.74, 6) is -1.05. The standard InChI is InChI=1S/C18H20FNO3/c1-23-18(22)17-11-16(19)8-7-15(17)13-20(9-10-21)12-14-5-3-2-4-6-14/h2-8,11,21H,9-10,12-13H2,1H3. The molecule has 2 rings (SSSR count). The molecule has 0 atom stereocenters. The molecule has 0 amide bonds. The quantitative estimate of drug-likeness (QED) is 0.798. The third kappa shape index (κ3) is 4.87. The number of aliphatic hydroxyl groups is 1. The van der Waals surface area contributed by atoms with E-state index in [-0.39, 0.29) is 12.2 Å². The van der Waals surface area contributed by atoms with Gasteiger partial charge in [-0.1, -0.05) is 36.4 Å². The number of methoxy groups -OCH3 is 1. The molecule has 4 nitrogen and oxygen atoms in total. The monoisotopic (exact) mass is 317 g/mol. The number of rotatable bonds is 7. The molecule has 0 bridgehead atoms. The fraction of sp³-hybridized carbons (Fsp3) is 0.278. The summed E-state index contributed by atoms with van der Waals surface area (Å²) in [6.45, 7) is 1.49. The van der Waals surface area contributed by atoms with Crippen molar-refractivity contribution in [2.75, 3.05) is 20.3 Å². The molecule has 0 aliphatic rings. The van der Waals surface area contributed by atoms with Crippen molar-refractivity contribution >= 4 is 5.97 Å². The SMILES string of the molecule is COC(=O)c1cc(F)ccc1CN(CCO)Cc1ccccc1. The van der Waals surface area contributed by atoms with E-state index in [1.807, 2.05) is 35.2 Å². The Morgan fingerprint density at radius 3 is 2.57 bits per heavy atom. The molecule has 0 saturated heterocycles. The highest BCUT2D eigenvalue weighted by Gasteiger charge is 2.16. The van der Waals surface area contributed by atoms with Crippen LogP contribution in [0.3, 0.4) is 0 Å². The summed E-state index contributed by atoms with van der Waals surface area (Å²) < 4.78 is 18.1. The van der Waals surface area contributed by atoms with Gasteiger partial charge >= 0.3 is 5.97 Å². The van der Waals surface area contributed by atoms with Crippen LogP contribution in [0.1, 0.15) is 21.5 Å². The number of aliphatic hydroxyl groups excluding tert-OH is 1. The summed E-state index contributed by atoms with van der Waals surface area (Å²) in [6.07, 6.45) is 0. The lowest BCUT2D eigenvalue weighted by Gasteiger charge is -2.22. The Labute approximate surface area is 135 Å². The molecule has 0 saturated carbocycles. The molecular formula is C18H20FNO3. The summed E-state index contributed by atoms with van der Waals surface area (Å²) >= 11 is 0. The van der Waals surface area contributed by atoms with Crippen molar-refractivity contribution in [3.05, 3.63) is 71.0 Å². The van der Waals surface area contributed by atoms with Gasteiger partial charge in [-0.2, -0.15) is 0 Å². The smallest absolute Gasteiger partial charge is 0.338 e. The number of esters is 1. The number of carbonyl (C=O) groups excluding carboxylic acids is 1. The van der Waals surface area contributed by atoms with Gasteiger partial charge in [-0.3, -0.25) is 4.90 Å². The average molecular weight is 317 g/mol. The first kappa shape index (κ1) is 17.1. The molecule has 0 unspecified atom stereocenters. The minimum Gasteiger partial charge on any atom is -0.465 e. The highest BCUT2D eigenvalue weighted by atomic mass is 19.1. The highest BCUT2D eigenvalue weighted by molar-refractivity contribution is 5.91. The topological polar surface area (TPSA) is 49.8 Å². The molecule has 2 aromatic carbocycles. The first-order valence-electron chi connectivity index (χ1n) is 7.38. The van der Waals surface area contributed by atoms with Gasteiger partial charge in [0.2, 0.25) is 0 Å². The van der Waals surface area contributed by atoms with Gasteiger partial charge in [0.15, 0.2) is 0 Å². The summed E-state index contributed by atoms with van der Waals surface area (Å²) in [4.78, 5) is 13.8. The maximum atomic E-state index is 13.4. The second kappa shape index (κ2) is 8.41. The van der Waals surface area contributed by atoms with Gasteiger partial charge in [0.1, 0.15) is 5.82 Å². The van der Waals surface area contributed by atoms with E-state index in [9.17, 15) is 14.3 Å². The van der Waals surface area contributed by atoms with Crippen LogP contribution in [-0.2, 0) is 17.8 Å². The lowest BCUT2D eigenvalue weighted by Crippen LogP contribution is -2.27. The average Bonchev–Trinajstić information content (AvgIpc) is 2.57. The van der Waals surface area contributed by atoms with Crippen molar-refractivity contribution in [2.45, 2.75) is 13.1 Å². The molecule has 0 fully saturated rings. The molecule has 0 heterocycles. The first-order valence-corrected chi connectivity index (χ1v) is 7.38. The second-order valence-corrected chi connectivity index (χ2v) is 5.21. The summed E-state index contributed by atoms with van der Waals surface area (Å²) in [5, 5.41) is 9.27. The van der Waals surface area contributed by atoms with E-state index in [4.69, 9.17) is 4.74 Å². The van der Waals surface area contributed by atoms with Crippen LogP contribution in [0.2, 0.25) is 0 Å². The lowest BCUT2D eigenvalue weighted by atomic mass is 10.1. The highest BCUT2D eigenvalue weighted by Crippen LogP contribution is 2.16. The first-order chi connectivity index (χ1) is 11.1. The maximum Gasteiger partial charge on any atom is 0.338 e. The zero-order valence-corrected chi connectivity index (χ0v) is 13.0. The third-order valence-electron chi connectivity index (χ3n) is 3.54. The normalized spacial score (nSPS) is 10.8. The van der Waals surface area contributed by atoms with Crippen LogP contribution in [-0.4, -0.2) is 36.2 Å². The maximum absolute atomic E-state index is 13.4. The largest absolute Gasteiger partial charge is 0.465 e. The van der Waals surface area contributed by atoms with Gasteiger partial charge in [0.25, 0.3) is 0 Å². The van der Waals surface area contributed by atoms with Crippen molar-refractivity contribution < 1.29 is 19.0 Å². The van der Waals surface area contributed by atoms with E-state index in [2.05, 4.69) is 0 Å². The van der Waals surface area contributed by atoms with Crippen LogP contribution in [0, 0.1) is 5.82 Å². The fourth-order valence-corrected chi connectivity index (χ4v) is 2.42. The molecular weight excluding hydrogens is 297 g/mol. The van der Waals surface area contributed by atoms with Crippen molar-refractivity contribution in [3.63, 3.8) is 0 Å². The van der Waals surface area contributed by atoms with E-state index in [1.165, 1.54) is 19.2 Å². The van der Waals surface area contributed by atoms with Crippen LogP contribution in [0.4, 0.5) is 4.39 Å². The van der Waals surface area contributed by atoms with Gasteiger partial charge < -0.3 is 9.84 Å². The van der Waals surface area contributed by atoms with Crippen molar-refractivity contribution in [1.82, 2.24) is 4.90 Å². The van der Waals surface area contributed by atoms with E-state index in [0.29, 0.717) is 25.2 Å². The molecule has 0 aromatic heterocycles. The van der Waals surface area contributed by atoms with E-state index in [0.717, 1.165) is 5.56 Å². The molecule has 0 aliphatic carbocycles. The van der Waals surface area contributed by atoms with E-state index >= 15 is 0 Å². The predicted octanol–water partition coefficient (Wildman–Crippen LogP) is 2.61. The number of carbonyl (C=O) groups is 1. The van der Waals surface area contributed by atoms with Crippen molar-refractivity contribution in [2.24, 2.45) is 0 Å². The molecule has 23 heavy (non-hydrogen) atoms. The number of hydrogen-bond acceptors (Lipinski definition) is 4. The van der Waals surface area contributed by atoms with Crippen molar-refractivity contribution in [3.8, 4) is 0 Å². The minimum atomic E-state index is -0.567. The van der Waals surface area contributed by atoms with Gasteiger partial charge in [-0.05, 0) is 23.3 Å². The Kier molecular flexibility index (Phi) is 6.26. The second-order valence-electron chi connectivity index (χ2n) is 5.21. The molecule has 0 spiro atoms. The molecule has 2 aromatic rings. The number of hydrogen-bond donors (Lipinski definition) is 1. The van der Waals surface area contributed by atoms with Crippen LogP contribution in [0.5, 0.6) is 0 Å². The van der Waals surface area contributed by atoms with Gasteiger partial charge in [-0.15, -0.1) is 0 Å². The Balaban J connectivity index is 2.21. The van der Waals surface area contributed by atoms with Crippen LogP contribution < -0.4 is 0 Å². The number of benzene rings is 2. The number of nitrogens with zero attached hydrogens (tertiary/aromatic N) is 1. The predicted molar refractivity (Wildman–Crippen MR) is 85.4 cm³/mol. The molecule has 0 aliphatic heterocycles. The Morgan fingerprint density at radius 1 is 1.17 bits per heavy atom. The van der Waals surface area contributed by atoms with Gasteiger partial charge in [0.05, 0.1) is 19.3 Å². The molecule has 0 radical (unpaired) electrons. The molecule has 122 valence electrons. The summed E-state index contributed by atoms with van der Waals surface area (Å²) in [5.41, 5.74) is 1.98. The Morgan fingerprint density at radius 2 is 1.91 bits per heavy atom. The number of halogens is 1. The van der Waals surface area contributed by atoms with Gasteiger partial charge in [-0.25, -0.2) is 9.18 Å². The minimum absolute atomic E-state index is 0.00157. The molecule has 1 N–H and O–H groups in total. The zero-order valence-electron chi connectivity index (χ0n) is 13.0. The van der Waals surface area contributed by atoms with Crippen LogP contribution >= 0.6 is 0 Å². The Bertz CT molecular complexity index is 646.